The largest absolute Gasteiger partial charge is 0.335 e. The zero-order valence-electron chi connectivity index (χ0n) is 12.8. The van der Waals surface area contributed by atoms with Crippen molar-refractivity contribution in [2.75, 3.05) is 18.0 Å². The zero-order chi connectivity index (χ0) is 16.2. The van der Waals surface area contributed by atoms with Crippen molar-refractivity contribution in [1.82, 2.24) is 4.90 Å². The van der Waals surface area contributed by atoms with E-state index in [0.29, 0.717) is 18.2 Å². The molecule has 1 amide bonds. The Morgan fingerprint density at radius 1 is 1.04 bits per heavy atom. The molecule has 3 nitrogen and oxygen atoms in total. The number of anilines is 1. The van der Waals surface area contributed by atoms with E-state index in [1.54, 1.807) is 11.0 Å². The number of nitrogens with zero attached hydrogens (tertiary/aromatic N) is 2. The lowest BCUT2D eigenvalue weighted by Gasteiger charge is -2.19. The highest BCUT2D eigenvalue weighted by molar-refractivity contribution is 7.80. The minimum Gasteiger partial charge on any atom is -0.335 e. The third-order valence-corrected chi connectivity index (χ3v) is 4.27. The Balaban J connectivity index is 1.76. The van der Waals surface area contributed by atoms with Crippen molar-refractivity contribution >= 4 is 28.9 Å². The number of rotatable bonds is 5. The molecule has 1 fully saturated rings. The standard InChI is InChI=1S/C19H18N2OS/c1-2-12-20-14-18(22)21(19(20)23)17-10-8-16(9-11-17)13-15-6-4-3-5-7-15/h2-11H,1,12-14H2. The van der Waals surface area contributed by atoms with Gasteiger partial charge in [-0.05, 0) is 41.9 Å². The zero-order valence-corrected chi connectivity index (χ0v) is 13.6. The molecule has 0 aromatic heterocycles. The van der Waals surface area contributed by atoms with Gasteiger partial charge in [-0.2, -0.15) is 0 Å². The van der Waals surface area contributed by atoms with Crippen LogP contribution >= 0.6 is 12.2 Å². The van der Waals surface area contributed by atoms with Crippen LogP contribution < -0.4 is 4.90 Å². The molecule has 1 aliphatic heterocycles. The summed E-state index contributed by atoms with van der Waals surface area (Å²) in [4.78, 5) is 15.7. The summed E-state index contributed by atoms with van der Waals surface area (Å²) in [6, 6.07) is 18.3. The van der Waals surface area contributed by atoms with Crippen molar-refractivity contribution in [3.8, 4) is 0 Å². The van der Waals surface area contributed by atoms with Crippen molar-refractivity contribution in [3.63, 3.8) is 0 Å². The van der Waals surface area contributed by atoms with E-state index >= 15 is 0 Å². The fourth-order valence-electron chi connectivity index (χ4n) is 2.70. The van der Waals surface area contributed by atoms with E-state index in [4.69, 9.17) is 12.2 Å². The van der Waals surface area contributed by atoms with E-state index in [2.05, 4.69) is 18.7 Å². The Kier molecular flexibility index (Phi) is 4.53. The van der Waals surface area contributed by atoms with Gasteiger partial charge in [0.1, 0.15) is 6.54 Å². The summed E-state index contributed by atoms with van der Waals surface area (Å²) in [7, 11) is 0. The fourth-order valence-corrected chi connectivity index (χ4v) is 3.04. The van der Waals surface area contributed by atoms with Gasteiger partial charge in [0.15, 0.2) is 5.11 Å². The van der Waals surface area contributed by atoms with Crippen LogP contribution in [0.25, 0.3) is 0 Å². The Morgan fingerprint density at radius 3 is 2.35 bits per heavy atom. The van der Waals surface area contributed by atoms with E-state index in [1.165, 1.54) is 11.1 Å². The van der Waals surface area contributed by atoms with Gasteiger partial charge < -0.3 is 4.90 Å². The monoisotopic (exact) mass is 322 g/mol. The third kappa shape index (κ3) is 3.32. The van der Waals surface area contributed by atoms with Crippen LogP contribution in [0.15, 0.2) is 67.3 Å². The molecule has 1 heterocycles. The summed E-state index contributed by atoms with van der Waals surface area (Å²) in [5, 5.41) is 0.547. The lowest BCUT2D eigenvalue weighted by atomic mass is 10.0. The SMILES string of the molecule is C=CCN1CC(=O)N(c2ccc(Cc3ccccc3)cc2)C1=S. The number of benzene rings is 2. The third-order valence-electron chi connectivity index (χ3n) is 3.83. The molecule has 1 saturated heterocycles. The second-order valence-electron chi connectivity index (χ2n) is 5.51. The van der Waals surface area contributed by atoms with E-state index in [1.807, 2.05) is 47.4 Å². The van der Waals surface area contributed by atoms with E-state index in [9.17, 15) is 4.79 Å². The van der Waals surface area contributed by atoms with Crippen molar-refractivity contribution in [3.05, 3.63) is 78.4 Å². The van der Waals surface area contributed by atoms with Crippen LogP contribution in [0.1, 0.15) is 11.1 Å². The van der Waals surface area contributed by atoms with Gasteiger partial charge in [-0.15, -0.1) is 6.58 Å². The molecule has 23 heavy (non-hydrogen) atoms. The van der Waals surface area contributed by atoms with Crippen LogP contribution in [0.3, 0.4) is 0 Å². The fraction of sp³-hybridized carbons (Fsp3) is 0.158. The first-order valence-electron chi connectivity index (χ1n) is 7.54. The molecule has 0 spiro atoms. The van der Waals surface area contributed by atoms with Gasteiger partial charge in [-0.25, -0.2) is 0 Å². The molecule has 2 aromatic rings. The van der Waals surface area contributed by atoms with Gasteiger partial charge >= 0.3 is 0 Å². The maximum absolute atomic E-state index is 12.2. The van der Waals surface area contributed by atoms with Crippen molar-refractivity contribution in [2.45, 2.75) is 6.42 Å². The quantitative estimate of drug-likeness (QED) is 0.623. The minimum atomic E-state index is 0.00709. The summed E-state index contributed by atoms with van der Waals surface area (Å²) in [6.07, 6.45) is 2.63. The number of carbonyl (C=O) groups excluding carboxylic acids is 1. The second kappa shape index (κ2) is 6.75. The molecule has 4 heteroatoms. The van der Waals surface area contributed by atoms with Crippen LogP contribution in [0.2, 0.25) is 0 Å². The summed E-state index contributed by atoms with van der Waals surface area (Å²) in [5.41, 5.74) is 3.30. The molecule has 1 aliphatic rings. The number of carbonyl (C=O) groups is 1. The van der Waals surface area contributed by atoms with Gasteiger partial charge in [0.25, 0.3) is 5.91 Å². The first-order chi connectivity index (χ1) is 11.2. The van der Waals surface area contributed by atoms with Crippen molar-refractivity contribution in [1.29, 1.82) is 0 Å². The van der Waals surface area contributed by atoms with Gasteiger partial charge in [-0.1, -0.05) is 48.5 Å². The van der Waals surface area contributed by atoms with E-state index < -0.39 is 0 Å². The molecule has 116 valence electrons. The summed E-state index contributed by atoms with van der Waals surface area (Å²) in [6.45, 7) is 4.61. The number of hydrogen-bond donors (Lipinski definition) is 0. The summed E-state index contributed by atoms with van der Waals surface area (Å²) in [5.74, 6) is 0.00709. The molecule has 0 bridgehead atoms. The molecule has 0 saturated carbocycles. The molecule has 0 aliphatic carbocycles. The second-order valence-corrected chi connectivity index (χ2v) is 5.87. The van der Waals surface area contributed by atoms with Crippen molar-refractivity contribution in [2.24, 2.45) is 0 Å². The summed E-state index contributed by atoms with van der Waals surface area (Å²) < 4.78 is 0. The highest BCUT2D eigenvalue weighted by Gasteiger charge is 2.32. The Morgan fingerprint density at radius 2 is 1.70 bits per heavy atom. The minimum absolute atomic E-state index is 0.00709. The Labute approximate surface area is 141 Å². The lowest BCUT2D eigenvalue weighted by Crippen LogP contribution is -2.32. The Hall–Kier alpha value is -2.46. The maximum atomic E-state index is 12.2. The first kappa shape index (κ1) is 15.4. The molecular formula is C19H18N2OS. The topological polar surface area (TPSA) is 23.6 Å². The average Bonchev–Trinajstić information content (AvgIpc) is 2.84. The Bertz CT molecular complexity index is 725. The number of amides is 1. The highest BCUT2D eigenvalue weighted by atomic mass is 32.1. The molecule has 2 aromatic carbocycles. The molecule has 0 N–H and O–H groups in total. The van der Waals surface area contributed by atoms with Crippen molar-refractivity contribution < 1.29 is 4.79 Å². The predicted molar refractivity (Wildman–Crippen MR) is 97.5 cm³/mol. The first-order valence-corrected chi connectivity index (χ1v) is 7.95. The van der Waals surface area contributed by atoms with Crippen LogP contribution in [-0.4, -0.2) is 29.0 Å². The number of hydrogen-bond acceptors (Lipinski definition) is 2. The molecule has 0 radical (unpaired) electrons. The van der Waals surface area contributed by atoms with E-state index in [0.717, 1.165) is 12.1 Å². The van der Waals surface area contributed by atoms with Gasteiger partial charge in [0, 0.05) is 6.54 Å². The smallest absolute Gasteiger partial charge is 0.252 e. The molecule has 3 rings (SSSR count). The number of thiocarbonyl (C=S) groups is 1. The van der Waals surface area contributed by atoms with Crippen LogP contribution in [0.4, 0.5) is 5.69 Å². The van der Waals surface area contributed by atoms with Crippen LogP contribution in [-0.2, 0) is 11.2 Å². The lowest BCUT2D eigenvalue weighted by molar-refractivity contribution is -0.116. The van der Waals surface area contributed by atoms with Crippen LogP contribution in [0, 0.1) is 0 Å². The average molecular weight is 322 g/mol. The molecule has 0 atom stereocenters. The van der Waals surface area contributed by atoms with Gasteiger partial charge in [0.2, 0.25) is 0 Å². The highest BCUT2D eigenvalue weighted by Crippen LogP contribution is 2.23. The van der Waals surface area contributed by atoms with E-state index in [-0.39, 0.29) is 5.91 Å². The van der Waals surface area contributed by atoms with Crippen LogP contribution in [0.5, 0.6) is 0 Å². The predicted octanol–water partition coefficient (Wildman–Crippen LogP) is 3.40. The molecule has 0 unspecified atom stereocenters. The maximum Gasteiger partial charge on any atom is 0.252 e. The van der Waals surface area contributed by atoms with Gasteiger partial charge in [0.05, 0.1) is 5.69 Å². The molecular weight excluding hydrogens is 304 g/mol. The van der Waals surface area contributed by atoms with Gasteiger partial charge in [-0.3, -0.25) is 9.69 Å². The normalized spacial score (nSPS) is 14.4. The summed E-state index contributed by atoms with van der Waals surface area (Å²) >= 11 is 5.41.